The van der Waals surface area contributed by atoms with Gasteiger partial charge in [-0.3, -0.25) is 9.78 Å². The zero-order valence-corrected chi connectivity index (χ0v) is 11.4. The van der Waals surface area contributed by atoms with Gasteiger partial charge >= 0.3 is 12.3 Å². The summed E-state index contributed by atoms with van der Waals surface area (Å²) in [4.78, 5) is 27.8. The number of hydrogen-bond acceptors (Lipinski definition) is 4. The van der Waals surface area contributed by atoms with Gasteiger partial charge in [-0.2, -0.15) is 13.8 Å². The number of halogens is 3. The van der Waals surface area contributed by atoms with Crippen LogP contribution in [0.4, 0.5) is 19.0 Å². The van der Waals surface area contributed by atoms with Gasteiger partial charge in [0.15, 0.2) is 11.6 Å². The molecular formula is C14H10F3N3O3. The third-order valence-corrected chi connectivity index (χ3v) is 2.55. The van der Waals surface area contributed by atoms with Crippen molar-refractivity contribution in [1.29, 1.82) is 0 Å². The van der Waals surface area contributed by atoms with Crippen LogP contribution in [0, 0.1) is 5.82 Å². The molecule has 0 aliphatic heterocycles. The fraction of sp³-hybridized carbons (Fsp3) is 0.0714. The summed E-state index contributed by atoms with van der Waals surface area (Å²) in [5, 5.41) is 2.14. The number of nitrogens with zero attached hydrogens (tertiary/aromatic N) is 1. The normalized spacial score (nSPS) is 11.0. The number of carbonyl (C=O) groups excluding carboxylic acids is 1. The van der Waals surface area contributed by atoms with Gasteiger partial charge in [-0.15, -0.1) is 0 Å². The summed E-state index contributed by atoms with van der Waals surface area (Å²) in [5.41, 5.74) is -0.272. The zero-order chi connectivity index (χ0) is 16.8. The Morgan fingerprint density at radius 1 is 1.30 bits per heavy atom. The third-order valence-electron chi connectivity index (χ3n) is 2.55. The van der Waals surface area contributed by atoms with Gasteiger partial charge in [0.25, 0.3) is 0 Å². The number of aromatic amines is 1. The smallest absolute Gasteiger partial charge is 0.387 e. The number of rotatable bonds is 5. The van der Waals surface area contributed by atoms with E-state index in [1.165, 1.54) is 30.3 Å². The van der Waals surface area contributed by atoms with Gasteiger partial charge in [-0.1, -0.05) is 12.1 Å². The summed E-state index contributed by atoms with van der Waals surface area (Å²) >= 11 is 0. The second-order valence-corrected chi connectivity index (χ2v) is 4.18. The Hall–Kier alpha value is -3.10. The van der Waals surface area contributed by atoms with E-state index >= 15 is 0 Å². The number of ether oxygens (including phenoxy) is 1. The molecule has 0 spiro atoms. The fourth-order valence-corrected chi connectivity index (χ4v) is 1.57. The summed E-state index contributed by atoms with van der Waals surface area (Å²) in [6.07, 6.45) is 3.14. The van der Waals surface area contributed by atoms with Gasteiger partial charge in [0.1, 0.15) is 5.75 Å². The third kappa shape index (κ3) is 4.99. The molecule has 0 radical (unpaired) electrons. The monoisotopic (exact) mass is 325 g/mol. The van der Waals surface area contributed by atoms with Crippen LogP contribution in [0.15, 0.2) is 41.3 Å². The summed E-state index contributed by atoms with van der Waals surface area (Å²) < 4.78 is 41.5. The first-order chi connectivity index (χ1) is 10.9. The summed E-state index contributed by atoms with van der Waals surface area (Å²) in [7, 11) is 0. The standard InChI is InChI=1S/C14H10F3N3O3/c15-10-7-18-14(22)20-12(10)19-11(21)6-3-8-1-4-9(5-2-8)23-13(16)17/h1-7,13H,(H2,18,19,20,21,22). The molecule has 0 aliphatic carbocycles. The predicted molar refractivity (Wildman–Crippen MR) is 75.6 cm³/mol. The lowest BCUT2D eigenvalue weighted by atomic mass is 10.2. The maximum absolute atomic E-state index is 13.3. The van der Waals surface area contributed by atoms with Gasteiger partial charge in [0.2, 0.25) is 5.91 Å². The molecule has 2 N–H and O–H groups in total. The maximum atomic E-state index is 13.3. The lowest BCUT2D eigenvalue weighted by Crippen LogP contribution is -2.18. The number of anilines is 1. The molecule has 1 heterocycles. The lowest BCUT2D eigenvalue weighted by Gasteiger charge is -2.04. The largest absolute Gasteiger partial charge is 0.435 e. The van der Waals surface area contributed by atoms with Crippen LogP contribution >= 0.6 is 0 Å². The minimum atomic E-state index is -2.92. The number of alkyl halides is 2. The van der Waals surface area contributed by atoms with Gasteiger partial charge in [-0.25, -0.2) is 9.18 Å². The molecule has 0 saturated heterocycles. The highest BCUT2D eigenvalue weighted by Crippen LogP contribution is 2.15. The molecule has 6 nitrogen and oxygen atoms in total. The van der Waals surface area contributed by atoms with Crippen LogP contribution < -0.4 is 15.7 Å². The minimum Gasteiger partial charge on any atom is -0.435 e. The van der Waals surface area contributed by atoms with Crippen molar-refractivity contribution in [2.45, 2.75) is 6.61 Å². The molecule has 0 atom stereocenters. The maximum Gasteiger partial charge on any atom is 0.387 e. The molecule has 2 aromatic rings. The lowest BCUT2D eigenvalue weighted by molar-refractivity contribution is -0.111. The van der Waals surface area contributed by atoms with E-state index in [0.717, 1.165) is 6.08 Å². The minimum absolute atomic E-state index is 0.0157. The molecule has 2 rings (SSSR count). The van der Waals surface area contributed by atoms with Crippen molar-refractivity contribution in [2.75, 3.05) is 5.32 Å². The number of aromatic nitrogens is 2. The first-order valence-corrected chi connectivity index (χ1v) is 6.23. The van der Waals surface area contributed by atoms with Crippen molar-refractivity contribution in [3.05, 3.63) is 58.4 Å². The molecular weight excluding hydrogens is 315 g/mol. The topological polar surface area (TPSA) is 84.1 Å². The average Bonchev–Trinajstić information content (AvgIpc) is 2.50. The molecule has 9 heteroatoms. The molecule has 1 aromatic heterocycles. The Morgan fingerprint density at radius 2 is 2.00 bits per heavy atom. The molecule has 0 unspecified atom stereocenters. The molecule has 0 bridgehead atoms. The molecule has 0 fully saturated rings. The Bertz CT molecular complexity index is 773. The highest BCUT2D eigenvalue weighted by Gasteiger charge is 2.06. The number of carbonyl (C=O) groups is 1. The Kier molecular flexibility index (Phi) is 5.13. The van der Waals surface area contributed by atoms with E-state index in [1.54, 1.807) is 0 Å². The van der Waals surface area contributed by atoms with Crippen LogP contribution in [-0.4, -0.2) is 22.5 Å². The summed E-state index contributed by atoms with van der Waals surface area (Å²) in [6, 6.07) is 5.53. The highest BCUT2D eigenvalue weighted by atomic mass is 19.3. The van der Waals surface area contributed by atoms with Crippen LogP contribution in [0.5, 0.6) is 5.75 Å². The van der Waals surface area contributed by atoms with E-state index in [-0.39, 0.29) is 5.75 Å². The van der Waals surface area contributed by atoms with E-state index in [4.69, 9.17) is 0 Å². The van der Waals surface area contributed by atoms with Gasteiger partial charge in [0, 0.05) is 6.08 Å². The number of hydrogen-bond donors (Lipinski definition) is 2. The van der Waals surface area contributed by atoms with E-state index in [1.807, 2.05) is 4.98 Å². The highest BCUT2D eigenvalue weighted by molar-refractivity contribution is 6.01. The van der Waals surface area contributed by atoms with Crippen molar-refractivity contribution < 1.29 is 22.7 Å². The van der Waals surface area contributed by atoms with Gasteiger partial charge < -0.3 is 10.1 Å². The van der Waals surface area contributed by atoms with E-state index in [9.17, 15) is 22.8 Å². The molecule has 1 amide bonds. The molecule has 1 aromatic carbocycles. The fourth-order valence-electron chi connectivity index (χ4n) is 1.57. The van der Waals surface area contributed by atoms with Crippen LogP contribution in [0.2, 0.25) is 0 Å². The first kappa shape index (κ1) is 16.3. The second kappa shape index (κ2) is 7.25. The van der Waals surface area contributed by atoms with Gasteiger partial charge in [0.05, 0.1) is 6.20 Å². The van der Waals surface area contributed by atoms with Crippen LogP contribution in [0.25, 0.3) is 6.08 Å². The Balaban J connectivity index is 2.00. The number of nitrogens with one attached hydrogen (secondary N) is 2. The van der Waals surface area contributed by atoms with Crippen LogP contribution in [0.1, 0.15) is 5.56 Å². The van der Waals surface area contributed by atoms with Crippen molar-refractivity contribution in [1.82, 2.24) is 9.97 Å². The molecule has 0 saturated carbocycles. The molecule has 0 aliphatic rings. The molecule has 23 heavy (non-hydrogen) atoms. The van der Waals surface area contributed by atoms with E-state index < -0.39 is 29.8 Å². The Morgan fingerprint density at radius 3 is 2.65 bits per heavy atom. The van der Waals surface area contributed by atoms with E-state index in [2.05, 4.69) is 15.0 Å². The second-order valence-electron chi connectivity index (χ2n) is 4.18. The van der Waals surface area contributed by atoms with Crippen molar-refractivity contribution in [2.24, 2.45) is 0 Å². The summed E-state index contributed by atoms with van der Waals surface area (Å²) in [5.74, 6) is -2.00. The predicted octanol–water partition coefficient (Wildman–Crippen LogP) is 2.16. The Labute approximate surface area is 127 Å². The SMILES string of the molecule is O=C(C=Cc1ccc(OC(F)F)cc1)Nc1[nH]c(=O)ncc1F. The van der Waals surface area contributed by atoms with Crippen molar-refractivity contribution in [3.63, 3.8) is 0 Å². The molecule has 120 valence electrons. The van der Waals surface area contributed by atoms with Crippen LogP contribution in [-0.2, 0) is 4.79 Å². The van der Waals surface area contributed by atoms with E-state index in [0.29, 0.717) is 11.8 Å². The van der Waals surface area contributed by atoms with Crippen molar-refractivity contribution in [3.8, 4) is 5.75 Å². The number of benzene rings is 1. The zero-order valence-electron chi connectivity index (χ0n) is 11.4. The van der Waals surface area contributed by atoms with Crippen LogP contribution in [0.3, 0.4) is 0 Å². The van der Waals surface area contributed by atoms with Crippen molar-refractivity contribution >= 4 is 17.8 Å². The number of amides is 1. The quantitative estimate of drug-likeness (QED) is 0.825. The number of H-pyrrole nitrogens is 1. The summed E-state index contributed by atoms with van der Waals surface area (Å²) in [6.45, 7) is -2.92. The average molecular weight is 325 g/mol. The first-order valence-electron chi connectivity index (χ1n) is 6.23. The van der Waals surface area contributed by atoms with Gasteiger partial charge in [-0.05, 0) is 23.8 Å².